The lowest BCUT2D eigenvalue weighted by atomic mass is 10.1. The van der Waals surface area contributed by atoms with Crippen LogP contribution in [0.3, 0.4) is 0 Å². The smallest absolute Gasteiger partial charge is 0.157 e. The van der Waals surface area contributed by atoms with E-state index in [1.807, 2.05) is 60.7 Å². The van der Waals surface area contributed by atoms with Crippen molar-refractivity contribution in [2.75, 3.05) is 5.32 Å². The van der Waals surface area contributed by atoms with E-state index in [-0.39, 0.29) is 0 Å². The van der Waals surface area contributed by atoms with Gasteiger partial charge in [0.2, 0.25) is 0 Å². The van der Waals surface area contributed by atoms with Gasteiger partial charge in [0.05, 0.1) is 16.6 Å². The highest BCUT2D eigenvalue weighted by atomic mass is 79.9. The van der Waals surface area contributed by atoms with E-state index in [4.69, 9.17) is 4.98 Å². The number of aryl methyl sites for hydroxylation is 2. The monoisotopic (exact) mass is 390 g/mol. The summed E-state index contributed by atoms with van der Waals surface area (Å²) >= 11 is 3.50. The van der Waals surface area contributed by atoms with Crippen LogP contribution < -0.4 is 5.32 Å². The average molecular weight is 391 g/mol. The number of halogens is 1. The number of fused-ring (bicyclic) bond motifs is 3. The highest BCUT2D eigenvalue weighted by molar-refractivity contribution is 9.10. The van der Waals surface area contributed by atoms with Crippen LogP contribution in [0.25, 0.3) is 16.7 Å². The Balaban J connectivity index is 2.03. The van der Waals surface area contributed by atoms with Crippen LogP contribution in [0.5, 0.6) is 0 Å². The predicted octanol–water partition coefficient (Wildman–Crippen LogP) is 5.48. The molecule has 4 rings (SSSR count). The number of anilines is 2. The Kier molecular flexibility index (Phi) is 3.70. The Morgan fingerprint density at radius 1 is 1.12 bits per heavy atom. The van der Waals surface area contributed by atoms with Crippen LogP contribution in [-0.2, 0) is 0 Å². The first-order chi connectivity index (χ1) is 12.1. The number of pyridine rings is 1. The van der Waals surface area contributed by atoms with Crippen molar-refractivity contribution in [1.82, 2.24) is 9.38 Å². The van der Waals surface area contributed by atoms with E-state index in [0.717, 1.165) is 38.1 Å². The molecule has 0 aliphatic carbocycles. The molecule has 0 unspecified atom stereocenters. The minimum Gasteiger partial charge on any atom is -0.341 e. The summed E-state index contributed by atoms with van der Waals surface area (Å²) in [6.45, 7) is 3.98. The number of aromatic nitrogens is 2. The fraction of sp³-hybridized carbons (Fsp3) is 0.100. The number of benzene rings is 2. The molecule has 122 valence electrons. The fourth-order valence-electron chi connectivity index (χ4n) is 3.06. The Hall–Kier alpha value is -2.84. The molecule has 0 radical (unpaired) electrons. The fourth-order valence-corrected chi connectivity index (χ4v) is 3.46. The van der Waals surface area contributed by atoms with Crippen molar-refractivity contribution in [3.8, 4) is 6.07 Å². The first-order valence-electron chi connectivity index (χ1n) is 7.92. The van der Waals surface area contributed by atoms with Crippen LogP contribution in [0, 0.1) is 25.2 Å². The van der Waals surface area contributed by atoms with E-state index >= 15 is 0 Å². The first kappa shape index (κ1) is 15.7. The summed E-state index contributed by atoms with van der Waals surface area (Å²) in [5.41, 5.74) is 6.17. The Bertz CT molecular complexity index is 1170. The van der Waals surface area contributed by atoms with Crippen molar-refractivity contribution in [2.45, 2.75) is 13.8 Å². The van der Waals surface area contributed by atoms with E-state index in [2.05, 4.69) is 33.4 Å². The maximum Gasteiger partial charge on any atom is 0.157 e. The number of rotatable bonds is 2. The number of nitriles is 1. The Morgan fingerprint density at radius 3 is 2.72 bits per heavy atom. The van der Waals surface area contributed by atoms with Gasteiger partial charge in [0.1, 0.15) is 11.9 Å². The van der Waals surface area contributed by atoms with Crippen molar-refractivity contribution >= 4 is 44.1 Å². The van der Waals surface area contributed by atoms with Gasteiger partial charge in [-0.15, -0.1) is 0 Å². The molecule has 0 atom stereocenters. The Morgan fingerprint density at radius 2 is 1.96 bits per heavy atom. The van der Waals surface area contributed by atoms with Crippen molar-refractivity contribution < 1.29 is 0 Å². The van der Waals surface area contributed by atoms with Gasteiger partial charge >= 0.3 is 0 Å². The zero-order valence-electron chi connectivity index (χ0n) is 13.8. The van der Waals surface area contributed by atoms with Gasteiger partial charge in [-0.3, -0.25) is 4.40 Å². The third kappa shape index (κ3) is 2.65. The number of nitrogens with zero attached hydrogens (tertiary/aromatic N) is 3. The molecule has 1 N–H and O–H groups in total. The molecule has 0 fully saturated rings. The van der Waals surface area contributed by atoms with Gasteiger partial charge in [-0.2, -0.15) is 5.26 Å². The van der Waals surface area contributed by atoms with E-state index in [0.29, 0.717) is 11.2 Å². The van der Waals surface area contributed by atoms with Crippen molar-refractivity contribution in [2.24, 2.45) is 0 Å². The number of hydrogen-bond acceptors (Lipinski definition) is 3. The molecule has 0 spiro atoms. The zero-order valence-corrected chi connectivity index (χ0v) is 15.4. The molecule has 0 aliphatic rings. The highest BCUT2D eigenvalue weighted by Gasteiger charge is 2.15. The minimum absolute atomic E-state index is 0.605. The molecule has 0 saturated carbocycles. The predicted molar refractivity (Wildman–Crippen MR) is 104 cm³/mol. The van der Waals surface area contributed by atoms with Gasteiger partial charge in [0, 0.05) is 10.2 Å². The minimum atomic E-state index is 0.605. The molecule has 2 aromatic heterocycles. The molecule has 2 heterocycles. The third-order valence-electron chi connectivity index (χ3n) is 4.23. The highest BCUT2D eigenvalue weighted by Crippen LogP contribution is 2.29. The van der Waals surface area contributed by atoms with Crippen LogP contribution in [0.1, 0.15) is 16.7 Å². The van der Waals surface area contributed by atoms with Crippen LogP contribution in [0.2, 0.25) is 0 Å². The van der Waals surface area contributed by atoms with Gasteiger partial charge in [-0.05, 0) is 61.4 Å². The first-order valence-corrected chi connectivity index (χ1v) is 8.71. The summed E-state index contributed by atoms with van der Waals surface area (Å²) in [5.74, 6) is 0.885. The quantitative estimate of drug-likeness (QED) is 0.492. The molecule has 2 aromatic carbocycles. The standard InChI is InChI=1S/C20H15BrN4/c1-12-6-7-18-17(8-12)24-20-16(11-22)13(2)9-19(25(18)20)23-15-5-3-4-14(21)10-15/h3-10,23H,1-2H3. The molecule has 4 nitrogen and oxygen atoms in total. The molecule has 5 heteroatoms. The molecule has 0 saturated heterocycles. The lowest BCUT2D eigenvalue weighted by Crippen LogP contribution is -2.02. The molecule has 0 amide bonds. The van der Waals surface area contributed by atoms with Gasteiger partial charge in [-0.1, -0.05) is 28.1 Å². The van der Waals surface area contributed by atoms with Gasteiger partial charge in [-0.25, -0.2) is 4.98 Å². The second kappa shape index (κ2) is 5.91. The molecule has 0 aliphatic heterocycles. The van der Waals surface area contributed by atoms with Crippen molar-refractivity contribution in [3.63, 3.8) is 0 Å². The largest absolute Gasteiger partial charge is 0.341 e. The van der Waals surface area contributed by atoms with E-state index < -0.39 is 0 Å². The number of hydrogen-bond donors (Lipinski definition) is 1. The van der Waals surface area contributed by atoms with Crippen molar-refractivity contribution in [3.05, 3.63) is 69.7 Å². The second-order valence-corrected chi connectivity index (χ2v) is 7.01. The lowest BCUT2D eigenvalue weighted by molar-refractivity contribution is 1.19. The molecular weight excluding hydrogens is 376 g/mol. The van der Waals surface area contributed by atoms with Crippen LogP contribution in [-0.4, -0.2) is 9.38 Å². The summed E-state index contributed by atoms with van der Waals surface area (Å²) in [7, 11) is 0. The lowest BCUT2D eigenvalue weighted by Gasteiger charge is -2.12. The summed E-state index contributed by atoms with van der Waals surface area (Å²) in [4.78, 5) is 4.72. The van der Waals surface area contributed by atoms with Gasteiger partial charge < -0.3 is 5.32 Å². The van der Waals surface area contributed by atoms with Crippen LogP contribution in [0.4, 0.5) is 11.5 Å². The van der Waals surface area contributed by atoms with Crippen LogP contribution >= 0.6 is 15.9 Å². The molecule has 4 aromatic rings. The maximum absolute atomic E-state index is 9.58. The van der Waals surface area contributed by atoms with E-state index in [1.54, 1.807) is 0 Å². The summed E-state index contributed by atoms with van der Waals surface area (Å²) in [6.07, 6.45) is 0. The van der Waals surface area contributed by atoms with E-state index in [9.17, 15) is 5.26 Å². The van der Waals surface area contributed by atoms with Crippen molar-refractivity contribution in [1.29, 1.82) is 5.26 Å². The summed E-state index contributed by atoms with van der Waals surface area (Å²) in [6, 6.07) is 18.4. The SMILES string of the molecule is Cc1ccc2c(c1)nc1c(C#N)c(C)cc(Nc3cccc(Br)c3)n12. The van der Waals surface area contributed by atoms with Crippen LogP contribution in [0.15, 0.2) is 53.0 Å². The Labute approximate surface area is 153 Å². The topological polar surface area (TPSA) is 53.1 Å². The normalized spacial score (nSPS) is 11.0. The maximum atomic E-state index is 9.58. The number of imidazole rings is 1. The van der Waals surface area contributed by atoms with E-state index in [1.165, 1.54) is 0 Å². The summed E-state index contributed by atoms with van der Waals surface area (Å²) in [5, 5.41) is 13.0. The second-order valence-electron chi connectivity index (χ2n) is 6.10. The van der Waals surface area contributed by atoms with Gasteiger partial charge in [0.15, 0.2) is 5.65 Å². The number of nitrogens with one attached hydrogen (secondary N) is 1. The third-order valence-corrected chi connectivity index (χ3v) is 4.72. The molecule has 25 heavy (non-hydrogen) atoms. The molecular formula is C20H15BrN4. The summed E-state index contributed by atoms with van der Waals surface area (Å²) < 4.78 is 3.02. The average Bonchev–Trinajstić information content (AvgIpc) is 2.93. The zero-order chi connectivity index (χ0) is 17.6. The molecule has 0 bridgehead atoms. The van der Waals surface area contributed by atoms with Gasteiger partial charge in [0.25, 0.3) is 0 Å².